The number of fused-ring (bicyclic) bond motifs is 1. The van der Waals surface area contributed by atoms with Gasteiger partial charge in [-0.1, -0.05) is 0 Å². The van der Waals surface area contributed by atoms with Gasteiger partial charge < -0.3 is 9.73 Å². The Bertz CT molecular complexity index is 896. The number of amides is 1. The Morgan fingerprint density at radius 3 is 2.76 bits per heavy atom. The number of hydrogen-bond acceptors (Lipinski definition) is 5. The van der Waals surface area contributed by atoms with Gasteiger partial charge in [-0.2, -0.15) is 5.10 Å². The molecule has 7 nitrogen and oxygen atoms in total. The summed E-state index contributed by atoms with van der Waals surface area (Å²) in [4.78, 5) is 19.2. The molecule has 0 aliphatic carbocycles. The smallest absolute Gasteiger partial charge is 0.253 e. The fourth-order valence-corrected chi connectivity index (χ4v) is 2.96. The largest absolute Gasteiger partial charge is 0.468 e. The molecular formula is C18H23N5O2. The standard InChI is InChI=1S/C18H23N5O2/c1-11-14(9-13-12(2)21-23(5)17(13)20-11)18(24)19-10-15(22(3)4)16-7-6-8-25-16/h6-9,15H,10H2,1-5H3,(H,19,24)/t15-/m1/s1. The number of aromatic nitrogens is 3. The SMILES string of the molecule is Cc1nc2c(cc1C(=O)NC[C@H](c1ccco1)N(C)C)c(C)nn2C. The van der Waals surface area contributed by atoms with Crippen LogP contribution in [0.5, 0.6) is 0 Å². The number of nitrogens with one attached hydrogen (secondary N) is 1. The van der Waals surface area contributed by atoms with Crippen molar-refractivity contribution in [3.8, 4) is 0 Å². The van der Waals surface area contributed by atoms with E-state index in [2.05, 4.69) is 15.4 Å². The molecule has 0 aliphatic heterocycles. The quantitative estimate of drug-likeness (QED) is 0.770. The van der Waals surface area contributed by atoms with E-state index in [1.807, 2.05) is 58.1 Å². The summed E-state index contributed by atoms with van der Waals surface area (Å²) < 4.78 is 7.21. The number of rotatable bonds is 5. The summed E-state index contributed by atoms with van der Waals surface area (Å²) in [5.41, 5.74) is 2.90. The topological polar surface area (TPSA) is 76.2 Å². The van der Waals surface area contributed by atoms with Gasteiger partial charge in [0.1, 0.15) is 5.76 Å². The minimum absolute atomic E-state index is 0.0314. The molecule has 3 rings (SSSR count). The number of carbonyl (C=O) groups is 1. The van der Waals surface area contributed by atoms with Crippen molar-refractivity contribution in [3.05, 3.63) is 47.2 Å². The van der Waals surface area contributed by atoms with Gasteiger partial charge in [0.15, 0.2) is 5.65 Å². The van der Waals surface area contributed by atoms with E-state index in [0.717, 1.165) is 22.5 Å². The van der Waals surface area contributed by atoms with Gasteiger partial charge in [-0.15, -0.1) is 0 Å². The molecule has 0 unspecified atom stereocenters. The van der Waals surface area contributed by atoms with Crippen LogP contribution in [-0.4, -0.2) is 46.2 Å². The maximum Gasteiger partial charge on any atom is 0.253 e. The lowest BCUT2D eigenvalue weighted by molar-refractivity contribution is 0.0938. The predicted octanol–water partition coefficient (Wildman–Crippen LogP) is 2.21. The van der Waals surface area contributed by atoms with Gasteiger partial charge in [-0.3, -0.25) is 14.4 Å². The molecule has 0 bridgehead atoms. The van der Waals surface area contributed by atoms with Crippen molar-refractivity contribution in [3.63, 3.8) is 0 Å². The number of hydrogen-bond donors (Lipinski definition) is 1. The lowest BCUT2D eigenvalue weighted by Crippen LogP contribution is -2.34. The first-order valence-corrected chi connectivity index (χ1v) is 8.17. The Hall–Kier alpha value is -2.67. The van der Waals surface area contributed by atoms with Gasteiger partial charge in [-0.05, 0) is 46.1 Å². The molecule has 3 heterocycles. The molecule has 7 heteroatoms. The third-order valence-electron chi connectivity index (χ3n) is 4.38. The lowest BCUT2D eigenvalue weighted by Gasteiger charge is -2.22. The van der Waals surface area contributed by atoms with Gasteiger partial charge in [0.25, 0.3) is 5.91 Å². The first-order valence-electron chi connectivity index (χ1n) is 8.17. The summed E-state index contributed by atoms with van der Waals surface area (Å²) in [7, 11) is 5.76. The zero-order valence-corrected chi connectivity index (χ0v) is 15.2. The normalized spacial score (nSPS) is 12.7. The van der Waals surface area contributed by atoms with E-state index < -0.39 is 0 Å². The van der Waals surface area contributed by atoms with Crippen LogP contribution in [0.2, 0.25) is 0 Å². The highest BCUT2D eigenvalue weighted by atomic mass is 16.3. The van der Waals surface area contributed by atoms with Crippen LogP contribution in [0.25, 0.3) is 11.0 Å². The molecular weight excluding hydrogens is 318 g/mol. The zero-order chi connectivity index (χ0) is 18.1. The minimum Gasteiger partial charge on any atom is -0.468 e. The van der Waals surface area contributed by atoms with Crippen LogP contribution < -0.4 is 5.32 Å². The van der Waals surface area contributed by atoms with E-state index in [-0.39, 0.29) is 11.9 Å². The monoisotopic (exact) mass is 341 g/mol. The van der Waals surface area contributed by atoms with Crippen LogP contribution >= 0.6 is 0 Å². The van der Waals surface area contributed by atoms with Crippen molar-refractivity contribution >= 4 is 16.9 Å². The van der Waals surface area contributed by atoms with E-state index in [1.54, 1.807) is 10.9 Å². The number of furan rings is 1. The van der Waals surface area contributed by atoms with Crippen LogP contribution in [0.15, 0.2) is 28.9 Å². The van der Waals surface area contributed by atoms with E-state index in [1.165, 1.54) is 0 Å². The summed E-state index contributed by atoms with van der Waals surface area (Å²) >= 11 is 0. The summed E-state index contributed by atoms with van der Waals surface area (Å²) in [6.45, 7) is 4.20. The Morgan fingerprint density at radius 1 is 1.36 bits per heavy atom. The summed E-state index contributed by atoms with van der Waals surface area (Å²) in [5, 5.41) is 8.26. The second kappa shape index (κ2) is 6.68. The number of carbonyl (C=O) groups excluding carboxylic acids is 1. The first kappa shape index (κ1) is 17.2. The van der Waals surface area contributed by atoms with Gasteiger partial charge in [-0.25, -0.2) is 4.98 Å². The summed E-state index contributed by atoms with van der Waals surface area (Å²) in [5.74, 6) is 0.673. The second-order valence-corrected chi connectivity index (χ2v) is 6.41. The summed E-state index contributed by atoms with van der Waals surface area (Å²) in [6.07, 6.45) is 1.64. The Labute approximate surface area is 146 Å². The van der Waals surface area contributed by atoms with E-state index in [0.29, 0.717) is 17.8 Å². The highest BCUT2D eigenvalue weighted by Gasteiger charge is 2.20. The van der Waals surface area contributed by atoms with Crippen molar-refractivity contribution in [2.75, 3.05) is 20.6 Å². The molecule has 0 saturated carbocycles. The Balaban J connectivity index is 1.82. The van der Waals surface area contributed by atoms with E-state index in [4.69, 9.17) is 4.42 Å². The zero-order valence-electron chi connectivity index (χ0n) is 15.2. The second-order valence-electron chi connectivity index (χ2n) is 6.41. The molecule has 0 fully saturated rings. The number of nitrogens with zero attached hydrogens (tertiary/aromatic N) is 4. The number of aryl methyl sites for hydroxylation is 3. The van der Waals surface area contributed by atoms with Gasteiger partial charge >= 0.3 is 0 Å². The van der Waals surface area contributed by atoms with Crippen LogP contribution in [0, 0.1) is 13.8 Å². The third kappa shape index (κ3) is 3.28. The van der Waals surface area contributed by atoms with Crippen molar-refractivity contribution in [1.82, 2.24) is 25.0 Å². The molecule has 3 aromatic rings. The Morgan fingerprint density at radius 2 is 2.12 bits per heavy atom. The van der Waals surface area contributed by atoms with E-state index in [9.17, 15) is 4.79 Å². The highest BCUT2D eigenvalue weighted by molar-refractivity contribution is 5.98. The Kier molecular flexibility index (Phi) is 4.59. The summed E-state index contributed by atoms with van der Waals surface area (Å²) in [6, 6.07) is 5.60. The minimum atomic E-state index is -0.145. The maximum absolute atomic E-state index is 12.7. The van der Waals surface area contributed by atoms with Crippen molar-refractivity contribution < 1.29 is 9.21 Å². The van der Waals surface area contributed by atoms with Crippen LogP contribution in [0.1, 0.15) is 33.5 Å². The third-order valence-corrected chi connectivity index (χ3v) is 4.38. The number of likely N-dealkylation sites (N-methyl/N-ethyl adjacent to an activating group) is 1. The molecule has 3 aromatic heterocycles. The molecule has 0 spiro atoms. The molecule has 1 N–H and O–H groups in total. The lowest BCUT2D eigenvalue weighted by atomic mass is 10.1. The average Bonchev–Trinajstić information content (AvgIpc) is 3.16. The highest BCUT2D eigenvalue weighted by Crippen LogP contribution is 2.20. The fourth-order valence-electron chi connectivity index (χ4n) is 2.96. The van der Waals surface area contributed by atoms with E-state index >= 15 is 0 Å². The van der Waals surface area contributed by atoms with Gasteiger partial charge in [0.2, 0.25) is 0 Å². The molecule has 0 saturated heterocycles. The molecule has 0 aliphatic rings. The average molecular weight is 341 g/mol. The molecule has 1 atom stereocenters. The molecule has 0 aromatic carbocycles. The van der Waals surface area contributed by atoms with Crippen molar-refractivity contribution in [2.45, 2.75) is 19.9 Å². The first-order chi connectivity index (χ1) is 11.9. The maximum atomic E-state index is 12.7. The molecule has 25 heavy (non-hydrogen) atoms. The van der Waals surface area contributed by atoms with Crippen LogP contribution in [0.3, 0.4) is 0 Å². The fraction of sp³-hybridized carbons (Fsp3) is 0.389. The van der Waals surface area contributed by atoms with Crippen molar-refractivity contribution in [1.29, 1.82) is 0 Å². The van der Waals surface area contributed by atoms with Crippen LogP contribution in [0.4, 0.5) is 0 Å². The molecule has 1 amide bonds. The molecule has 0 radical (unpaired) electrons. The van der Waals surface area contributed by atoms with Crippen molar-refractivity contribution in [2.24, 2.45) is 7.05 Å². The van der Waals surface area contributed by atoms with Gasteiger partial charge in [0, 0.05) is 19.0 Å². The predicted molar refractivity (Wildman–Crippen MR) is 95.5 cm³/mol. The van der Waals surface area contributed by atoms with Crippen LogP contribution in [-0.2, 0) is 7.05 Å². The molecule has 132 valence electrons. The number of pyridine rings is 1. The van der Waals surface area contributed by atoms with Gasteiger partial charge in [0.05, 0.1) is 29.3 Å².